The van der Waals surface area contributed by atoms with Crippen LogP contribution in [0.15, 0.2) is 48.7 Å². The van der Waals surface area contributed by atoms with Crippen molar-refractivity contribution in [1.29, 1.82) is 0 Å². The number of likely N-dealkylation sites (tertiary alicyclic amines) is 1. The Kier molecular flexibility index (Phi) is 6.51. The first-order chi connectivity index (χ1) is 13.4. The van der Waals surface area contributed by atoms with Crippen LogP contribution >= 0.6 is 0 Å². The van der Waals surface area contributed by atoms with E-state index in [-0.39, 0.29) is 0 Å². The van der Waals surface area contributed by atoms with Gasteiger partial charge < -0.3 is 4.74 Å². The van der Waals surface area contributed by atoms with E-state index in [1.165, 1.54) is 49.9 Å². The molecule has 144 valence electrons. The number of aromatic nitrogens is 1. The summed E-state index contributed by atoms with van der Waals surface area (Å²) in [6, 6.07) is 15.8. The Bertz CT molecular complexity index is 683. The molecule has 4 nitrogen and oxygen atoms in total. The first-order valence-corrected chi connectivity index (χ1v) is 10.4. The Hall–Kier alpha value is -1.75. The highest BCUT2D eigenvalue weighted by Gasteiger charge is 2.23. The van der Waals surface area contributed by atoms with Gasteiger partial charge in [0.25, 0.3) is 0 Å². The zero-order valence-electron chi connectivity index (χ0n) is 16.2. The maximum absolute atomic E-state index is 5.48. The minimum Gasteiger partial charge on any atom is -0.379 e. The number of benzene rings is 1. The summed E-state index contributed by atoms with van der Waals surface area (Å²) in [5.41, 5.74) is 3.65. The second-order valence-electron chi connectivity index (χ2n) is 7.77. The molecule has 2 fully saturated rings. The summed E-state index contributed by atoms with van der Waals surface area (Å²) in [7, 11) is 0. The van der Waals surface area contributed by atoms with E-state index in [4.69, 9.17) is 4.74 Å². The van der Waals surface area contributed by atoms with Crippen molar-refractivity contribution < 1.29 is 4.74 Å². The molecular formula is C23H31N3O. The largest absolute Gasteiger partial charge is 0.379 e. The highest BCUT2D eigenvalue weighted by Crippen LogP contribution is 2.24. The zero-order chi connectivity index (χ0) is 18.3. The molecule has 4 heteroatoms. The van der Waals surface area contributed by atoms with Gasteiger partial charge in [0, 0.05) is 37.4 Å². The van der Waals surface area contributed by atoms with Crippen molar-refractivity contribution >= 4 is 0 Å². The molecule has 0 spiro atoms. The van der Waals surface area contributed by atoms with Crippen LogP contribution in [-0.2, 0) is 11.3 Å². The summed E-state index contributed by atoms with van der Waals surface area (Å²) < 4.78 is 5.48. The van der Waals surface area contributed by atoms with Gasteiger partial charge in [-0.15, -0.1) is 0 Å². The number of hydrogen-bond donors (Lipinski definition) is 0. The number of morpholine rings is 1. The minimum atomic E-state index is 0.720. The summed E-state index contributed by atoms with van der Waals surface area (Å²) in [4.78, 5) is 9.73. The monoisotopic (exact) mass is 365 g/mol. The van der Waals surface area contributed by atoms with Crippen LogP contribution in [0.5, 0.6) is 0 Å². The third-order valence-corrected chi connectivity index (χ3v) is 5.93. The lowest BCUT2D eigenvalue weighted by Crippen LogP contribution is -2.43. The lowest BCUT2D eigenvalue weighted by atomic mass is 9.98. The van der Waals surface area contributed by atoms with Crippen molar-refractivity contribution in [1.82, 2.24) is 14.8 Å². The second kappa shape index (κ2) is 9.45. The molecule has 2 saturated heterocycles. The molecule has 1 aromatic carbocycles. The molecule has 0 aliphatic carbocycles. The van der Waals surface area contributed by atoms with Crippen LogP contribution < -0.4 is 0 Å². The lowest BCUT2D eigenvalue weighted by Gasteiger charge is -2.37. The molecule has 3 heterocycles. The number of pyridine rings is 1. The fourth-order valence-corrected chi connectivity index (χ4v) is 4.30. The smallest absolute Gasteiger partial charge is 0.0701 e. The Morgan fingerprint density at radius 2 is 1.81 bits per heavy atom. The van der Waals surface area contributed by atoms with Gasteiger partial charge in [-0.1, -0.05) is 36.8 Å². The average Bonchev–Trinajstić information content (AvgIpc) is 2.75. The fraction of sp³-hybridized carbons (Fsp3) is 0.522. The van der Waals surface area contributed by atoms with E-state index in [1.54, 1.807) is 0 Å². The molecule has 2 aliphatic rings. The quantitative estimate of drug-likeness (QED) is 0.778. The molecule has 1 atom stereocenters. The topological polar surface area (TPSA) is 28.6 Å². The molecule has 0 unspecified atom stereocenters. The Labute approximate surface area is 163 Å². The fourth-order valence-electron chi connectivity index (χ4n) is 4.30. The van der Waals surface area contributed by atoms with Crippen molar-refractivity contribution in [3.8, 4) is 11.3 Å². The molecule has 0 bridgehead atoms. The van der Waals surface area contributed by atoms with Crippen LogP contribution in [0.1, 0.15) is 31.2 Å². The lowest BCUT2D eigenvalue weighted by molar-refractivity contribution is 0.0302. The predicted molar refractivity (Wildman–Crippen MR) is 110 cm³/mol. The van der Waals surface area contributed by atoms with E-state index in [9.17, 15) is 0 Å². The highest BCUT2D eigenvalue weighted by atomic mass is 16.5. The Morgan fingerprint density at radius 3 is 2.59 bits per heavy atom. The molecular weight excluding hydrogens is 334 g/mol. The maximum Gasteiger partial charge on any atom is 0.0701 e. The van der Waals surface area contributed by atoms with Gasteiger partial charge in [-0.2, -0.15) is 0 Å². The number of rotatable bonds is 6. The van der Waals surface area contributed by atoms with Crippen LogP contribution in [0.2, 0.25) is 0 Å². The standard InChI is InChI=1S/C23H31N3O/c1-3-12-24-23(6-1)21-9-7-20(8-10-21)19-26-13-4-2-5-22(26)11-14-25-15-17-27-18-16-25/h1,3,6-10,12,22H,2,4-5,11,13-19H2/t22-/m1/s1. The Morgan fingerprint density at radius 1 is 0.963 bits per heavy atom. The van der Waals surface area contributed by atoms with E-state index in [1.807, 2.05) is 18.3 Å². The average molecular weight is 366 g/mol. The van der Waals surface area contributed by atoms with Gasteiger partial charge >= 0.3 is 0 Å². The van der Waals surface area contributed by atoms with Gasteiger partial charge in [0.2, 0.25) is 0 Å². The Balaban J connectivity index is 1.34. The molecule has 27 heavy (non-hydrogen) atoms. The van der Waals surface area contributed by atoms with E-state index in [0.29, 0.717) is 0 Å². The molecule has 0 amide bonds. The van der Waals surface area contributed by atoms with Crippen LogP contribution in [-0.4, -0.2) is 60.2 Å². The predicted octanol–water partition coefficient (Wildman–Crippen LogP) is 3.83. The van der Waals surface area contributed by atoms with Crippen LogP contribution in [0.4, 0.5) is 0 Å². The second-order valence-corrected chi connectivity index (χ2v) is 7.77. The molecule has 0 radical (unpaired) electrons. The van der Waals surface area contributed by atoms with Crippen molar-refractivity contribution in [2.75, 3.05) is 39.4 Å². The summed E-state index contributed by atoms with van der Waals surface area (Å²) in [6.45, 7) is 7.51. The SMILES string of the molecule is c1ccc(-c2ccc(CN3CCCC[C@@H]3CCN3CCOCC3)cc2)nc1. The number of hydrogen-bond acceptors (Lipinski definition) is 4. The molecule has 2 aliphatic heterocycles. The zero-order valence-corrected chi connectivity index (χ0v) is 16.2. The van der Waals surface area contributed by atoms with E-state index in [0.717, 1.165) is 44.6 Å². The summed E-state index contributed by atoms with van der Waals surface area (Å²) in [5, 5.41) is 0. The van der Waals surface area contributed by atoms with Crippen molar-refractivity contribution in [3.63, 3.8) is 0 Å². The van der Waals surface area contributed by atoms with Crippen LogP contribution in [0, 0.1) is 0 Å². The van der Waals surface area contributed by atoms with Gasteiger partial charge in [-0.25, -0.2) is 0 Å². The first kappa shape index (κ1) is 18.6. The van der Waals surface area contributed by atoms with Crippen molar-refractivity contribution in [2.45, 2.75) is 38.3 Å². The van der Waals surface area contributed by atoms with Crippen LogP contribution in [0.3, 0.4) is 0 Å². The summed E-state index contributed by atoms with van der Waals surface area (Å²) in [6.07, 6.45) is 7.20. The molecule has 0 saturated carbocycles. The van der Waals surface area contributed by atoms with Gasteiger partial charge in [0.05, 0.1) is 18.9 Å². The molecule has 4 rings (SSSR count). The van der Waals surface area contributed by atoms with Gasteiger partial charge in [0.15, 0.2) is 0 Å². The van der Waals surface area contributed by atoms with E-state index < -0.39 is 0 Å². The maximum atomic E-state index is 5.48. The third kappa shape index (κ3) is 5.16. The first-order valence-electron chi connectivity index (χ1n) is 10.4. The highest BCUT2D eigenvalue weighted by molar-refractivity contribution is 5.58. The normalized spacial score (nSPS) is 22.0. The molecule has 2 aromatic rings. The minimum absolute atomic E-state index is 0.720. The van der Waals surface area contributed by atoms with Gasteiger partial charge in [0.1, 0.15) is 0 Å². The number of piperidine rings is 1. The van der Waals surface area contributed by atoms with Crippen molar-refractivity contribution in [2.24, 2.45) is 0 Å². The summed E-state index contributed by atoms with van der Waals surface area (Å²) in [5.74, 6) is 0. The number of ether oxygens (including phenoxy) is 1. The molecule has 1 aromatic heterocycles. The van der Waals surface area contributed by atoms with Gasteiger partial charge in [-0.3, -0.25) is 14.8 Å². The molecule has 0 N–H and O–H groups in total. The third-order valence-electron chi connectivity index (χ3n) is 5.93. The van der Waals surface area contributed by atoms with Crippen molar-refractivity contribution in [3.05, 3.63) is 54.2 Å². The van der Waals surface area contributed by atoms with Gasteiger partial charge in [-0.05, 0) is 50.0 Å². The summed E-state index contributed by atoms with van der Waals surface area (Å²) >= 11 is 0. The van der Waals surface area contributed by atoms with Crippen LogP contribution in [0.25, 0.3) is 11.3 Å². The van der Waals surface area contributed by atoms with E-state index in [2.05, 4.69) is 45.1 Å². The van der Waals surface area contributed by atoms with E-state index >= 15 is 0 Å². The number of nitrogens with zero attached hydrogens (tertiary/aromatic N) is 3.